The fourth-order valence-corrected chi connectivity index (χ4v) is 3.99. The molecule has 4 aromatic rings. The molecule has 4 rings (SSSR count). The van der Waals surface area contributed by atoms with Gasteiger partial charge < -0.3 is 4.74 Å². The van der Waals surface area contributed by atoms with E-state index < -0.39 is 0 Å². The lowest BCUT2D eigenvalue weighted by Crippen LogP contribution is -2.05. The number of rotatable bonds is 5. The number of nitrogens with zero attached hydrogens (tertiary/aromatic N) is 4. The highest BCUT2D eigenvalue weighted by molar-refractivity contribution is 7.15. The number of pyridine rings is 1. The van der Waals surface area contributed by atoms with Crippen LogP contribution < -0.4 is 4.74 Å². The average molecular weight is 374 g/mol. The van der Waals surface area contributed by atoms with Crippen LogP contribution in [0.1, 0.15) is 19.5 Å². The lowest BCUT2D eigenvalue weighted by atomic mass is 10.1. The maximum absolute atomic E-state index is 9.37. The second-order valence-corrected chi connectivity index (χ2v) is 7.24. The molecule has 0 amide bonds. The Morgan fingerprint density at radius 2 is 1.85 bits per heavy atom. The number of nitriles is 1. The van der Waals surface area contributed by atoms with Gasteiger partial charge in [-0.25, -0.2) is 4.98 Å². The van der Waals surface area contributed by atoms with E-state index in [4.69, 9.17) is 9.72 Å². The van der Waals surface area contributed by atoms with Gasteiger partial charge in [-0.1, -0.05) is 0 Å². The number of benzene rings is 1. The Balaban J connectivity index is 1.83. The fraction of sp³-hybridized carbons (Fsp3) is 0.190. The SMILES string of the molecule is CC(C)Oc1ccc(-c2csc3nc(-c4ccncc4)c(CC#N)n23)cc1. The number of fused-ring (bicyclic) bond motifs is 1. The normalized spacial score (nSPS) is 11.0. The minimum absolute atomic E-state index is 0.141. The van der Waals surface area contributed by atoms with Crippen molar-refractivity contribution < 1.29 is 4.74 Å². The Kier molecular flexibility index (Phi) is 4.61. The molecule has 6 heteroatoms. The van der Waals surface area contributed by atoms with Crippen molar-refractivity contribution in [1.82, 2.24) is 14.4 Å². The molecule has 3 heterocycles. The molecule has 27 heavy (non-hydrogen) atoms. The summed E-state index contributed by atoms with van der Waals surface area (Å²) in [4.78, 5) is 9.73. The van der Waals surface area contributed by atoms with Gasteiger partial charge in [0.25, 0.3) is 0 Å². The van der Waals surface area contributed by atoms with E-state index in [9.17, 15) is 5.26 Å². The summed E-state index contributed by atoms with van der Waals surface area (Å²) in [7, 11) is 0. The Bertz CT molecular complexity index is 1110. The first-order chi connectivity index (χ1) is 13.2. The van der Waals surface area contributed by atoms with Gasteiger partial charge in [0, 0.05) is 23.3 Å². The molecule has 0 saturated heterocycles. The fourth-order valence-electron chi connectivity index (χ4n) is 3.07. The van der Waals surface area contributed by atoms with Crippen LogP contribution in [0, 0.1) is 11.3 Å². The van der Waals surface area contributed by atoms with Gasteiger partial charge in [-0.3, -0.25) is 9.38 Å². The van der Waals surface area contributed by atoms with Crippen molar-refractivity contribution in [2.24, 2.45) is 0 Å². The zero-order chi connectivity index (χ0) is 18.8. The highest BCUT2D eigenvalue weighted by atomic mass is 32.1. The van der Waals surface area contributed by atoms with Crippen molar-refractivity contribution >= 4 is 16.3 Å². The molecule has 0 spiro atoms. The molecule has 0 atom stereocenters. The van der Waals surface area contributed by atoms with E-state index in [2.05, 4.69) is 20.8 Å². The van der Waals surface area contributed by atoms with Crippen molar-refractivity contribution in [2.45, 2.75) is 26.4 Å². The van der Waals surface area contributed by atoms with Gasteiger partial charge in [-0.05, 0) is 55.8 Å². The van der Waals surface area contributed by atoms with Crippen LogP contribution in [0.2, 0.25) is 0 Å². The highest BCUT2D eigenvalue weighted by Gasteiger charge is 2.18. The van der Waals surface area contributed by atoms with Crippen molar-refractivity contribution in [3.05, 3.63) is 59.9 Å². The molecule has 1 aromatic carbocycles. The number of ether oxygens (including phenoxy) is 1. The molecule has 0 radical (unpaired) electrons. The van der Waals surface area contributed by atoms with Crippen LogP contribution in [0.4, 0.5) is 0 Å². The van der Waals surface area contributed by atoms with Crippen LogP contribution in [0.15, 0.2) is 54.2 Å². The summed E-state index contributed by atoms with van der Waals surface area (Å²) >= 11 is 1.57. The van der Waals surface area contributed by atoms with E-state index >= 15 is 0 Å². The van der Waals surface area contributed by atoms with Crippen LogP contribution in [0.25, 0.3) is 27.5 Å². The van der Waals surface area contributed by atoms with Crippen LogP contribution in [0.5, 0.6) is 5.75 Å². The maximum Gasteiger partial charge on any atom is 0.194 e. The number of hydrogen-bond donors (Lipinski definition) is 0. The molecule has 0 unspecified atom stereocenters. The second-order valence-electron chi connectivity index (χ2n) is 6.41. The molecule has 0 N–H and O–H groups in total. The van der Waals surface area contributed by atoms with Gasteiger partial charge in [0.2, 0.25) is 0 Å². The first-order valence-corrected chi connectivity index (χ1v) is 9.58. The summed E-state index contributed by atoms with van der Waals surface area (Å²) in [5.41, 5.74) is 4.81. The van der Waals surface area contributed by atoms with Gasteiger partial charge in [-0.15, -0.1) is 11.3 Å². The largest absolute Gasteiger partial charge is 0.491 e. The lowest BCUT2D eigenvalue weighted by Gasteiger charge is -2.10. The summed E-state index contributed by atoms with van der Waals surface area (Å²) in [6, 6.07) is 14.2. The smallest absolute Gasteiger partial charge is 0.194 e. The van der Waals surface area contributed by atoms with Gasteiger partial charge >= 0.3 is 0 Å². The predicted octanol–water partition coefficient (Wildman–Crippen LogP) is 4.98. The Labute approximate surface area is 161 Å². The minimum Gasteiger partial charge on any atom is -0.491 e. The standard InChI is InChI=1S/C21H18N4OS/c1-14(2)26-17-5-3-15(4-6-17)19-13-27-21-24-20(16-8-11-23-12-9-16)18(7-10-22)25(19)21/h3-6,8-9,11-14H,7H2,1-2H3. The third-order valence-corrected chi connectivity index (χ3v) is 5.01. The van der Waals surface area contributed by atoms with Crippen molar-refractivity contribution in [2.75, 3.05) is 0 Å². The monoisotopic (exact) mass is 374 g/mol. The summed E-state index contributed by atoms with van der Waals surface area (Å²) < 4.78 is 7.82. The number of aromatic nitrogens is 3. The maximum atomic E-state index is 9.37. The van der Waals surface area contributed by atoms with Gasteiger partial charge in [-0.2, -0.15) is 5.26 Å². The van der Waals surface area contributed by atoms with Gasteiger partial charge in [0.1, 0.15) is 5.75 Å². The van der Waals surface area contributed by atoms with E-state index in [1.807, 2.05) is 50.2 Å². The zero-order valence-corrected chi connectivity index (χ0v) is 15.9. The summed E-state index contributed by atoms with van der Waals surface area (Å²) in [6.07, 6.45) is 3.92. The van der Waals surface area contributed by atoms with E-state index in [0.29, 0.717) is 0 Å². The predicted molar refractivity (Wildman–Crippen MR) is 107 cm³/mol. The zero-order valence-electron chi connectivity index (χ0n) is 15.1. The topological polar surface area (TPSA) is 63.2 Å². The van der Waals surface area contributed by atoms with Crippen LogP contribution in [0.3, 0.4) is 0 Å². The van der Waals surface area contributed by atoms with Crippen LogP contribution in [-0.4, -0.2) is 20.5 Å². The number of thiazole rings is 1. The lowest BCUT2D eigenvalue weighted by molar-refractivity contribution is 0.242. The molecule has 0 aliphatic carbocycles. The Morgan fingerprint density at radius 1 is 1.11 bits per heavy atom. The Morgan fingerprint density at radius 3 is 2.52 bits per heavy atom. The average Bonchev–Trinajstić information content (AvgIpc) is 3.23. The quantitative estimate of drug-likeness (QED) is 0.494. The van der Waals surface area contributed by atoms with Gasteiger partial charge in [0.05, 0.1) is 35.7 Å². The van der Waals surface area contributed by atoms with Crippen molar-refractivity contribution in [3.63, 3.8) is 0 Å². The highest BCUT2D eigenvalue weighted by Crippen LogP contribution is 2.33. The number of hydrogen-bond acceptors (Lipinski definition) is 5. The summed E-state index contributed by atoms with van der Waals surface area (Å²) in [6.45, 7) is 4.02. The van der Waals surface area contributed by atoms with Crippen LogP contribution in [-0.2, 0) is 6.42 Å². The van der Waals surface area contributed by atoms with Gasteiger partial charge in [0.15, 0.2) is 4.96 Å². The molecule has 0 bridgehead atoms. The molecular weight excluding hydrogens is 356 g/mol. The molecule has 0 aliphatic heterocycles. The van der Waals surface area contributed by atoms with Crippen LogP contribution >= 0.6 is 11.3 Å². The first kappa shape index (κ1) is 17.3. The van der Waals surface area contributed by atoms with E-state index in [-0.39, 0.29) is 12.5 Å². The summed E-state index contributed by atoms with van der Waals surface area (Å²) in [5.74, 6) is 0.848. The minimum atomic E-state index is 0.141. The molecule has 134 valence electrons. The first-order valence-electron chi connectivity index (χ1n) is 8.70. The third-order valence-electron chi connectivity index (χ3n) is 4.18. The Hall–Kier alpha value is -3.17. The molecule has 5 nitrogen and oxygen atoms in total. The molecule has 0 saturated carbocycles. The molecule has 0 fully saturated rings. The van der Waals surface area contributed by atoms with Crippen molar-refractivity contribution in [1.29, 1.82) is 5.26 Å². The molecule has 0 aliphatic rings. The second kappa shape index (κ2) is 7.22. The summed E-state index contributed by atoms with van der Waals surface area (Å²) in [5, 5.41) is 11.5. The van der Waals surface area contributed by atoms with E-state index in [0.717, 1.165) is 38.9 Å². The van der Waals surface area contributed by atoms with Crippen molar-refractivity contribution in [3.8, 4) is 34.3 Å². The number of imidazole rings is 1. The molecule has 3 aromatic heterocycles. The van der Waals surface area contributed by atoms with E-state index in [1.54, 1.807) is 23.7 Å². The third kappa shape index (κ3) is 3.29. The molecular formula is C21H18N4OS. The van der Waals surface area contributed by atoms with E-state index in [1.165, 1.54) is 0 Å².